The highest BCUT2D eigenvalue weighted by atomic mass is 16.5. The number of fused-ring (bicyclic) bond motifs is 1. The number of likely N-dealkylation sites (tertiary alicyclic amines) is 1. The van der Waals surface area contributed by atoms with Crippen LogP contribution >= 0.6 is 0 Å². The lowest BCUT2D eigenvalue weighted by Crippen LogP contribution is -2.54. The van der Waals surface area contributed by atoms with Crippen LogP contribution < -0.4 is 0 Å². The van der Waals surface area contributed by atoms with E-state index in [0.29, 0.717) is 25.8 Å². The highest BCUT2D eigenvalue weighted by Gasteiger charge is 2.43. The van der Waals surface area contributed by atoms with Crippen LogP contribution in [0.5, 0.6) is 0 Å². The van der Waals surface area contributed by atoms with Gasteiger partial charge in [-0.25, -0.2) is 9.59 Å². The number of Topliss-reactive ketones (excluding diaryl/α,β-unsaturated/α-hetero) is 1. The summed E-state index contributed by atoms with van der Waals surface area (Å²) in [5.74, 6) is -0.519. The van der Waals surface area contributed by atoms with Gasteiger partial charge in [0.25, 0.3) is 0 Å². The summed E-state index contributed by atoms with van der Waals surface area (Å²) in [7, 11) is 1.25. The van der Waals surface area contributed by atoms with Crippen molar-refractivity contribution >= 4 is 17.8 Å². The molecule has 2 rings (SSSR count). The second-order valence-corrected chi connectivity index (χ2v) is 5.01. The number of ketones is 1. The number of carboxylic acid groups (broad SMARTS) is 1. The zero-order valence-corrected chi connectivity index (χ0v) is 10.3. The van der Waals surface area contributed by atoms with E-state index in [4.69, 9.17) is 0 Å². The highest BCUT2D eigenvalue weighted by Crippen LogP contribution is 2.37. The number of aliphatic carboxylic acids is 1. The van der Waals surface area contributed by atoms with Crippen molar-refractivity contribution in [2.45, 2.75) is 31.7 Å². The van der Waals surface area contributed by atoms with Gasteiger partial charge >= 0.3 is 12.1 Å². The Kier molecular flexibility index (Phi) is 3.54. The van der Waals surface area contributed by atoms with E-state index < -0.39 is 18.1 Å². The fraction of sp³-hybridized carbons (Fsp3) is 0.750. The van der Waals surface area contributed by atoms with Crippen LogP contribution in [-0.2, 0) is 14.3 Å². The Labute approximate surface area is 105 Å². The van der Waals surface area contributed by atoms with E-state index in [1.165, 1.54) is 12.0 Å². The molecule has 0 unspecified atom stereocenters. The van der Waals surface area contributed by atoms with Gasteiger partial charge in [-0.2, -0.15) is 0 Å². The molecule has 2 fully saturated rings. The summed E-state index contributed by atoms with van der Waals surface area (Å²) in [5.41, 5.74) is 0. The standard InChI is InChI=1S/C12H17NO5/c1-18-12(17)13-6-7-2-3-9(14)4-8(7)5-10(13)11(15)16/h7-8,10H,2-6H2,1H3,(H,15,16)/t7-,8+,10-/m0/s1. The molecule has 0 bridgehead atoms. The number of hydrogen-bond acceptors (Lipinski definition) is 4. The number of carbonyl (C=O) groups excluding carboxylic acids is 2. The lowest BCUT2D eigenvalue weighted by atomic mass is 9.72. The minimum atomic E-state index is -1.03. The molecule has 6 nitrogen and oxygen atoms in total. The van der Waals surface area contributed by atoms with Gasteiger partial charge in [0.1, 0.15) is 11.8 Å². The fourth-order valence-electron chi connectivity index (χ4n) is 3.01. The molecule has 0 spiro atoms. The number of amides is 1. The SMILES string of the molecule is COC(=O)N1C[C@@H]2CCC(=O)C[C@@H]2C[C@H]1C(=O)O. The van der Waals surface area contributed by atoms with Gasteiger partial charge in [-0.05, 0) is 24.7 Å². The van der Waals surface area contributed by atoms with E-state index >= 15 is 0 Å². The first kappa shape index (κ1) is 12.9. The molecular weight excluding hydrogens is 238 g/mol. The molecule has 1 aliphatic heterocycles. The van der Waals surface area contributed by atoms with E-state index in [0.717, 1.165) is 6.42 Å². The predicted molar refractivity (Wildman–Crippen MR) is 61.0 cm³/mol. The quantitative estimate of drug-likeness (QED) is 0.752. The Hall–Kier alpha value is -1.59. The Morgan fingerprint density at radius 1 is 1.39 bits per heavy atom. The largest absolute Gasteiger partial charge is 0.480 e. The third kappa shape index (κ3) is 2.32. The van der Waals surface area contributed by atoms with E-state index in [9.17, 15) is 19.5 Å². The minimum Gasteiger partial charge on any atom is -0.480 e. The van der Waals surface area contributed by atoms with Gasteiger partial charge in [-0.15, -0.1) is 0 Å². The molecule has 1 heterocycles. The minimum absolute atomic E-state index is 0.0910. The number of hydrogen-bond donors (Lipinski definition) is 1. The monoisotopic (exact) mass is 255 g/mol. The van der Waals surface area contributed by atoms with Gasteiger partial charge in [-0.3, -0.25) is 9.69 Å². The van der Waals surface area contributed by atoms with E-state index in [1.54, 1.807) is 0 Å². The zero-order valence-electron chi connectivity index (χ0n) is 10.3. The van der Waals surface area contributed by atoms with Gasteiger partial charge in [0, 0.05) is 19.4 Å². The molecule has 0 aromatic rings. The van der Waals surface area contributed by atoms with Crippen molar-refractivity contribution in [2.24, 2.45) is 11.8 Å². The molecule has 0 aromatic carbocycles. The molecule has 1 saturated carbocycles. The first-order chi connectivity index (χ1) is 8.52. The summed E-state index contributed by atoms with van der Waals surface area (Å²) in [6, 6.07) is -0.871. The molecule has 0 aromatic heterocycles. The second-order valence-electron chi connectivity index (χ2n) is 5.01. The molecule has 1 N–H and O–H groups in total. The topological polar surface area (TPSA) is 83.9 Å². The number of carbonyl (C=O) groups is 3. The smallest absolute Gasteiger partial charge is 0.410 e. The Balaban J connectivity index is 2.15. The summed E-state index contributed by atoms with van der Waals surface area (Å²) in [4.78, 5) is 35.5. The maximum absolute atomic E-state index is 11.6. The molecule has 6 heteroatoms. The van der Waals surface area contributed by atoms with E-state index in [-0.39, 0.29) is 17.6 Å². The summed E-state index contributed by atoms with van der Waals surface area (Å²) >= 11 is 0. The van der Waals surface area contributed by atoms with Gasteiger partial charge < -0.3 is 9.84 Å². The number of rotatable bonds is 1. The Bertz CT molecular complexity index is 381. The van der Waals surface area contributed by atoms with Crippen molar-refractivity contribution in [2.75, 3.05) is 13.7 Å². The van der Waals surface area contributed by atoms with Gasteiger partial charge in [0.15, 0.2) is 0 Å². The third-order valence-electron chi connectivity index (χ3n) is 3.98. The average molecular weight is 255 g/mol. The van der Waals surface area contributed by atoms with Crippen molar-refractivity contribution < 1.29 is 24.2 Å². The molecular formula is C12H17NO5. The molecule has 1 aliphatic carbocycles. The van der Waals surface area contributed by atoms with Crippen LogP contribution in [0.15, 0.2) is 0 Å². The van der Waals surface area contributed by atoms with Gasteiger partial charge in [0.2, 0.25) is 0 Å². The third-order valence-corrected chi connectivity index (χ3v) is 3.98. The lowest BCUT2D eigenvalue weighted by molar-refractivity contribution is -0.147. The molecule has 1 amide bonds. The maximum atomic E-state index is 11.6. The summed E-state index contributed by atoms with van der Waals surface area (Å²) in [6.45, 7) is 0.377. The normalized spacial score (nSPS) is 31.7. The first-order valence-electron chi connectivity index (χ1n) is 6.12. The fourth-order valence-corrected chi connectivity index (χ4v) is 3.01. The molecule has 100 valence electrons. The summed E-state index contributed by atoms with van der Waals surface area (Å²) < 4.78 is 4.63. The number of piperidine rings is 1. The number of ether oxygens (including phenoxy) is 1. The second kappa shape index (κ2) is 4.96. The van der Waals surface area contributed by atoms with Crippen molar-refractivity contribution in [1.82, 2.24) is 4.90 Å². The number of methoxy groups -OCH3 is 1. The first-order valence-corrected chi connectivity index (χ1v) is 6.12. The molecule has 18 heavy (non-hydrogen) atoms. The number of nitrogens with zero attached hydrogens (tertiary/aromatic N) is 1. The lowest BCUT2D eigenvalue weighted by Gasteiger charge is -2.43. The Morgan fingerprint density at radius 2 is 2.11 bits per heavy atom. The predicted octanol–water partition coefficient (Wildman–Crippen LogP) is 0.897. The number of carboxylic acids is 1. The molecule has 0 radical (unpaired) electrons. The van der Waals surface area contributed by atoms with E-state index in [2.05, 4.69) is 4.74 Å². The maximum Gasteiger partial charge on any atom is 0.410 e. The van der Waals surface area contributed by atoms with Crippen LogP contribution in [0.1, 0.15) is 25.7 Å². The highest BCUT2D eigenvalue weighted by molar-refractivity contribution is 5.82. The van der Waals surface area contributed by atoms with Crippen molar-refractivity contribution in [3.8, 4) is 0 Å². The summed E-state index contributed by atoms with van der Waals surface area (Å²) in [6.07, 6.45) is 1.47. The molecule has 1 saturated heterocycles. The van der Waals surface area contributed by atoms with Crippen LogP contribution in [0, 0.1) is 11.8 Å². The molecule has 2 aliphatic rings. The zero-order chi connectivity index (χ0) is 13.3. The van der Waals surface area contributed by atoms with Gasteiger partial charge in [-0.1, -0.05) is 0 Å². The molecule has 3 atom stereocenters. The summed E-state index contributed by atoms with van der Waals surface area (Å²) in [5, 5.41) is 9.17. The van der Waals surface area contributed by atoms with Gasteiger partial charge in [0.05, 0.1) is 7.11 Å². The average Bonchev–Trinajstić information content (AvgIpc) is 2.36. The Morgan fingerprint density at radius 3 is 2.72 bits per heavy atom. The van der Waals surface area contributed by atoms with Crippen molar-refractivity contribution in [3.63, 3.8) is 0 Å². The van der Waals surface area contributed by atoms with Crippen LogP contribution in [-0.4, -0.2) is 47.5 Å². The van der Waals surface area contributed by atoms with E-state index in [1.807, 2.05) is 0 Å². The van der Waals surface area contributed by atoms with Crippen molar-refractivity contribution in [3.05, 3.63) is 0 Å². The van der Waals surface area contributed by atoms with Crippen LogP contribution in [0.4, 0.5) is 4.79 Å². The van der Waals surface area contributed by atoms with Crippen LogP contribution in [0.3, 0.4) is 0 Å². The van der Waals surface area contributed by atoms with Crippen LogP contribution in [0.25, 0.3) is 0 Å². The van der Waals surface area contributed by atoms with Crippen molar-refractivity contribution in [1.29, 1.82) is 0 Å². The van der Waals surface area contributed by atoms with Crippen LogP contribution in [0.2, 0.25) is 0 Å².